The zero-order valence-corrected chi connectivity index (χ0v) is 16.6. The van der Waals surface area contributed by atoms with Gasteiger partial charge in [-0.3, -0.25) is 4.79 Å². The van der Waals surface area contributed by atoms with Crippen LogP contribution in [0.4, 0.5) is 0 Å². The molecule has 3 aromatic rings. The van der Waals surface area contributed by atoms with E-state index in [0.717, 1.165) is 33.8 Å². The van der Waals surface area contributed by atoms with E-state index in [2.05, 4.69) is 23.9 Å². The highest BCUT2D eigenvalue weighted by molar-refractivity contribution is 6.05. The molecule has 0 unspecified atom stereocenters. The topological polar surface area (TPSA) is 69.5 Å². The lowest BCUT2D eigenvalue weighted by Crippen LogP contribution is -2.30. The third kappa shape index (κ3) is 3.17. The number of carbonyl (C=O) groups is 1. The summed E-state index contributed by atoms with van der Waals surface area (Å²) in [5, 5.41) is 5.23. The summed E-state index contributed by atoms with van der Waals surface area (Å²) in [6.45, 7) is 9.31. The molecular weight excluding hydrogens is 356 g/mol. The maximum Gasteiger partial charge on any atom is 0.255 e. The summed E-state index contributed by atoms with van der Waals surface area (Å²) >= 11 is 0. The molecule has 1 aliphatic rings. The number of aromatic nitrogens is 3. The van der Waals surface area contributed by atoms with Crippen molar-refractivity contribution in [2.45, 2.75) is 40.3 Å². The summed E-state index contributed by atoms with van der Waals surface area (Å²) in [7, 11) is 0. The Morgan fingerprint density at radius 3 is 2.79 bits per heavy atom. The Morgan fingerprint density at radius 2 is 2.04 bits per heavy atom. The van der Waals surface area contributed by atoms with Gasteiger partial charge in [0.25, 0.3) is 5.91 Å². The van der Waals surface area contributed by atoms with Crippen molar-refractivity contribution in [3.05, 3.63) is 47.3 Å². The first-order valence-corrected chi connectivity index (χ1v) is 9.50. The van der Waals surface area contributed by atoms with E-state index in [1.807, 2.05) is 47.7 Å². The molecule has 2 aromatic heterocycles. The Labute approximate surface area is 163 Å². The van der Waals surface area contributed by atoms with Gasteiger partial charge >= 0.3 is 0 Å². The number of carbonyl (C=O) groups excluding carboxylic acids is 1. The second-order valence-corrected chi connectivity index (χ2v) is 7.24. The van der Waals surface area contributed by atoms with Gasteiger partial charge in [0.15, 0.2) is 17.1 Å². The van der Waals surface area contributed by atoms with Gasteiger partial charge in [0, 0.05) is 24.8 Å². The number of rotatable bonds is 5. The molecular formula is C21H24N4O3. The van der Waals surface area contributed by atoms with Gasteiger partial charge in [-0.05, 0) is 51.5 Å². The number of benzene rings is 1. The van der Waals surface area contributed by atoms with Crippen LogP contribution < -0.4 is 9.47 Å². The molecule has 146 valence electrons. The average Bonchev–Trinajstić information content (AvgIpc) is 3.31. The van der Waals surface area contributed by atoms with Gasteiger partial charge in [0.05, 0.1) is 17.1 Å². The van der Waals surface area contributed by atoms with Crippen LogP contribution in [0, 0.1) is 6.92 Å². The van der Waals surface area contributed by atoms with E-state index in [1.165, 1.54) is 0 Å². The third-order valence-electron chi connectivity index (χ3n) is 4.89. The minimum Gasteiger partial charge on any atom is -0.454 e. The van der Waals surface area contributed by atoms with Crippen LogP contribution in [0.25, 0.3) is 11.0 Å². The third-order valence-corrected chi connectivity index (χ3v) is 4.89. The Balaban J connectivity index is 1.67. The van der Waals surface area contributed by atoms with Crippen molar-refractivity contribution in [3.63, 3.8) is 0 Å². The molecule has 1 aliphatic heterocycles. The average molecular weight is 380 g/mol. The molecule has 0 aliphatic carbocycles. The summed E-state index contributed by atoms with van der Waals surface area (Å²) < 4.78 is 12.7. The highest BCUT2D eigenvalue weighted by Crippen LogP contribution is 2.33. The quantitative estimate of drug-likeness (QED) is 0.675. The SMILES string of the molecule is CCN(Cc1ccc2c(c1)OCO2)C(=O)c1cc(C)nc2c1cnn2C(C)C. The first kappa shape index (κ1) is 18.3. The maximum atomic E-state index is 13.4. The lowest BCUT2D eigenvalue weighted by molar-refractivity contribution is 0.0754. The number of hydrogen-bond acceptors (Lipinski definition) is 5. The predicted molar refractivity (Wildman–Crippen MR) is 106 cm³/mol. The number of pyridine rings is 1. The molecule has 1 aromatic carbocycles. The van der Waals surface area contributed by atoms with Gasteiger partial charge in [-0.25, -0.2) is 9.67 Å². The minimum absolute atomic E-state index is 0.0287. The normalized spacial score (nSPS) is 12.8. The number of hydrogen-bond donors (Lipinski definition) is 0. The van der Waals surface area contributed by atoms with Crippen LogP contribution in [0.5, 0.6) is 11.5 Å². The van der Waals surface area contributed by atoms with E-state index in [1.54, 1.807) is 6.20 Å². The van der Waals surface area contributed by atoms with E-state index < -0.39 is 0 Å². The van der Waals surface area contributed by atoms with Crippen LogP contribution in [0.15, 0.2) is 30.5 Å². The van der Waals surface area contributed by atoms with Gasteiger partial charge in [-0.2, -0.15) is 5.10 Å². The fraction of sp³-hybridized carbons (Fsp3) is 0.381. The molecule has 28 heavy (non-hydrogen) atoms. The number of ether oxygens (including phenoxy) is 2. The monoisotopic (exact) mass is 380 g/mol. The molecule has 7 heteroatoms. The predicted octanol–water partition coefficient (Wildman–Crippen LogP) is 3.71. The summed E-state index contributed by atoms with van der Waals surface area (Å²) in [5.41, 5.74) is 3.19. The zero-order chi connectivity index (χ0) is 19.8. The fourth-order valence-electron chi connectivity index (χ4n) is 3.46. The molecule has 0 atom stereocenters. The number of nitrogens with zero attached hydrogens (tertiary/aromatic N) is 4. The second kappa shape index (κ2) is 7.14. The summed E-state index contributed by atoms with van der Waals surface area (Å²) in [5.74, 6) is 1.44. The van der Waals surface area contributed by atoms with Crippen molar-refractivity contribution in [3.8, 4) is 11.5 Å². The molecule has 3 heterocycles. The lowest BCUT2D eigenvalue weighted by Gasteiger charge is -2.22. The highest BCUT2D eigenvalue weighted by Gasteiger charge is 2.22. The van der Waals surface area contributed by atoms with Gasteiger partial charge in [0.2, 0.25) is 6.79 Å². The molecule has 0 bridgehead atoms. The molecule has 0 N–H and O–H groups in total. The van der Waals surface area contributed by atoms with Crippen molar-refractivity contribution in [2.75, 3.05) is 13.3 Å². The van der Waals surface area contributed by atoms with Crippen LogP contribution in [0.2, 0.25) is 0 Å². The van der Waals surface area contributed by atoms with Crippen LogP contribution in [-0.2, 0) is 6.54 Å². The van der Waals surface area contributed by atoms with Gasteiger partial charge in [-0.15, -0.1) is 0 Å². The van der Waals surface area contributed by atoms with Crippen molar-refractivity contribution < 1.29 is 14.3 Å². The summed E-state index contributed by atoms with van der Waals surface area (Å²) in [6, 6.07) is 7.80. The lowest BCUT2D eigenvalue weighted by atomic mass is 10.1. The molecule has 0 spiro atoms. The number of fused-ring (bicyclic) bond motifs is 2. The molecule has 1 amide bonds. The Kier molecular flexibility index (Phi) is 4.66. The first-order valence-electron chi connectivity index (χ1n) is 9.50. The zero-order valence-electron chi connectivity index (χ0n) is 16.6. The van der Waals surface area contributed by atoms with Gasteiger partial charge < -0.3 is 14.4 Å². The van der Waals surface area contributed by atoms with Crippen LogP contribution >= 0.6 is 0 Å². The van der Waals surface area contributed by atoms with Gasteiger partial charge in [0.1, 0.15) is 0 Å². The Morgan fingerprint density at radius 1 is 1.25 bits per heavy atom. The molecule has 7 nitrogen and oxygen atoms in total. The van der Waals surface area contributed by atoms with Crippen molar-refractivity contribution in [2.24, 2.45) is 0 Å². The Hall–Kier alpha value is -3.09. The smallest absolute Gasteiger partial charge is 0.255 e. The maximum absolute atomic E-state index is 13.4. The number of amides is 1. The second-order valence-electron chi connectivity index (χ2n) is 7.24. The molecule has 0 saturated heterocycles. The molecule has 0 fully saturated rings. The van der Waals surface area contributed by atoms with Crippen molar-refractivity contribution in [1.82, 2.24) is 19.7 Å². The molecule has 0 saturated carbocycles. The Bertz CT molecular complexity index is 1040. The van der Waals surface area contributed by atoms with Gasteiger partial charge in [-0.1, -0.05) is 6.07 Å². The standard InChI is InChI=1S/C21H24N4O3/c1-5-24(11-15-6-7-18-19(9-15)28-12-27-18)21(26)16-8-14(4)23-20-17(16)10-22-25(20)13(2)3/h6-10,13H,5,11-12H2,1-4H3. The fourth-order valence-corrected chi connectivity index (χ4v) is 3.46. The van der Waals surface area contributed by atoms with Crippen molar-refractivity contribution >= 4 is 16.9 Å². The summed E-state index contributed by atoms with van der Waals surface area (Å²) in [4.78, 5) is 19.8. The van der Waals surface area contributed by atoms with E-state index in [4.69, 9.17) is 9.47 Å². The highest BCUT2D eigenvalue weighted by atomic mass is 16.7. The van der Waals surface area contributed by atoms with E-state index >= 15 is 0 Å². The summed E-state index contributed by atoms with van der Waals surface area (Å²) in [6.07, 6.45) is 1.74. The van der Waals surface area contributed by atoms with Crippen LogP contribution in [0.3, 0.4) is 0 Å². The van der Waals surface area contributed by atoms with E-state index in [9.17, 15) is 4.79 Å². The minimum atomic E-state index is -0.0287. The first-order chi connectivity index (χ1) is 13.5. The van der Waals surface area contributed by atoms with E-state index in [0.29, 0.717) is 18.7 Å². The largest absolute Gasteiger partial charge is 0.454 e. The van der Waals surface area contributed by atoms with E-state index in [-0.39, 0.29) is 18.7 Å². The van der Waals surface area contributed by atoms with Crippen LogP contribution in [0.1, 0.15) is 48.4 Å². The number of aryl methyl sites for hydroxylation is 1. The van der Waals surface area contributed by atoms with Crippen LogP contribution in [-0.4, -0.2) is 38.9 Å². The molecule has 4 rings (SSSR count). The molecule has 0 radical (unpaired) electrons. The van der Waals surface area contributed by atoms with Crippen molar-refractivity contribution in [1.29, 1.82) is 0 Å².